The van der Waals surface area contributed by atoms with Crippen LogP contribution in [0.15, 0.2) is 0 Å². The maximum absolute atomic E-state index is 6.71. The van der Waals surface area contributed by atoms with E-state index in [0.717, 1.165) is 19.5 Å². The van der Waals surface area contributed by atoms with Gasteiger partial charge in [0.05, 0.1) is 12.2 Å². The Labute approximate surface area is 140 Å². The molecule has 0 aromatic carbocycles. The third-order valence-corrected chi connectivity index (χ3v) is 14.9. The molecule has 1 N–H and O–H groups in total. The molecule has 0 aromatic rings. The van der Waals surface area contributed by atoms with Crippen LogP contribution in [0.25, 0.3) is 0 Å². The van der Waals surface area contributed by atoms with Crippen molar-refractivity contribution in [3.63, 3.8) is 0 Å². The van der Waals surface area contributed by atoms with Gasteiger partial charge in [-0.15, -0.1) is 0 Å². The summed E-state index contributed by atoms with van der Waals surface area (Å²) in [5, 5.41) is 3.99. The van der Waals surface area contributed by atoms with Crippen LogP contribution in [0, 0.1) is 0 Å². The van der Waals surface area contributed by atoms with Crippen molar-refractivity contribution in [2.24, 2.45) is 0 Å². The standard InChI is InChI=1S/C17H39NO2Si2/c1-16(2,3)21(7,8)19-14-11-12-18-13-15(14)20-22(9,10)17(4,5)6/h14-15,18H,11-13H2,1-10H3/t14-,15-/m0/s1. The molecular formula is C17H39NO2Si2. The fourth-order valence-electron chi connectivity index (χ4n) is 2.17. The molecule has 132 valence electrons. The van der Waals surface area contributed by atoms with Crippen molar-refractivity contribution in [3.8, 4) is 0 Å². The molecule has 0 amide bonds. The maximum atomic E-state index is 6.71. The SMILES string of the molecule is CC(C)(C)[Si](C)(C)O[C@H]1CCNC[C@@H]1O[Si](C)(C)C(C)(C)C. The van der Waals surface area contributed by atoms with Crippen LogP contribution in [-0.4, -0.2) is 41.9 Å². The summed E-state index contributed by atoms with van der Waals surface area (Å²) in [5.41, 5.74) is 0. The third kappa shape index (κ3) is 4.90. The fourth-order valence-corrected chi connectivity index (χ4v) is 4.89. The average Bonchev–Trinajstić information content (AvgIpc) is 2.28. The molecular weight excluding hydrogens is 306 g/mol. The monoisotopic (exact) mass is 345 g/mol. The molecule has 1 saturated heterocycles. The maximum Gasteiger partial charge on any atom is 0.192 e. The largest absolute Gasteiger partial charge is 0.411 e. The van der Waals surface area contributed by atoms with E-state index in [1.165, 1.54) is 0 Å². The highest BCUT2D eigenvalue weighted by Gasteiger charge is 2.45. The zero-order chi connectivity index (χ0) is 17.4. The summed E-state index contributed by atoms with van der Waals surface area (Å²) >= 11 is 0. The van der Waals surface area contributed by atoms with Gasteiger partial charge >= 0.3 is 0 Å². The molecule has 3 nitrogen and oxygen atoms in total. The molecule has 0 aliphatic carbocycles. The highest BCUT2D eigenvalue weighted by molar-refractivity contribution is 6.74. The zero-order valence-electron chi connectivity index (χ0n) is 16.6. The van der Waals surface area contributed by atoms with Crippen molar-refractivity contribution in [3.05, 3.63) is 0 Å². The average molecular weight is 346 g/mol. The second-order valence-electron chi connectivity index (χ2n) is 9.83. The Hall–Kier alpha value is 0.314. The van der Waals surface area contributed by atoms with E-state index in [0.29, 0.717) is 0 Å². The van der Waals surface area contributed by atoms with Crippen molar-refractivity contribution in [1.29, 1.82) is 0 Å². The second kappa shape index (κ2) is 6.67. The molecule has 0 unspecified atom stereocenters. The Bertz CT molecular complexity index is 334. The van der Waals surface area contributed by atoms with Crippen LogP contribution in [0.5, 0.6) is 0 Å². The highest BCUT2D eigenvalue weighted by Crippen LogP contribution is 2.41. The molecule has 2 atom stereocenters. The van der Waals surface area contributed by atoms with Gasteiger partial charge in [-0.3, -0.25) is 0 Å². The summed E-state index contributed by atoms with van der Waals surface area (Å²) in [5.74, 6) is 0. The van der Waals surface area contributed by atoms with Crippen molar-refractivity contribution in [2.75, 3.05) is 13.1 Å². The first-order valence-corrected chi connectivity index (χ1v) is 14.6. The Morgan fingerprint density at radius 3 is 1.59 bits per heavy atom. The lowest BCUT2D eigenvalue weighted by atomic mass is 10.1. The quantitative estimate of drug-likeness (QED) is 0.745. The Morgan fingerprint density at radius 2 is 1.18 bits per heavy atom. The molecule has 0 aromatic heterocycles. The summed E-state index contributed by atoms with van der Waals surface area (Å²) < 4.78 is 13.4. The number of hydrogen-bond donors (Lipinski definition) is 1. The van der Waals surface area contributed by atoms with E-state index in [2.05, 4.69) is 73.0 Å². The van der Waals surface area contributed by atoms with Crippen LogP contribution in [0.3, 0.4) is 0 Å². The van der Waals surface area contributed by atoms with Crippen LogP contribution >= 0.6 is 0 Å². The van der Waals surface area contributed by atoms with Gasteiger partial charge in [-0.1, -0.05) is 41.5 Å². The lowest BCUT2D eigenvalue weighted by molar-refractivity contribution is 0.0156. The predicted molar refractivity (Wildman–Crippen MR) is 102 cm³/mol. The van der Waals surface area contributed by atoms with Crippen LogP contribution in [0.1, 0.15) is 48.0 Å². The smallest absolute Gasteiger partial charge is 0.192 e. The van der Waals surface area contributed by atoms with E-state index in [1.807, 2.05) is 0 Å². The zero-order valence-corrected chi connectivity index (χ0v) is 18.6. The molecule has 5 heteroatoms. The van der Waals surface area contributed by atoms with Gasteiger partial charge in [0, 0.05) is 6.54 Å². The highest BCUT2D eigenvalue weighted by atomic mass is 28.4. The van der Waals surface area contributed by atoms with E-state index in [-0.39, 0.29) is 22.3 Å². The molecule has 22 heavy (non-hydrogen) atoms. The summed E-state index contributed by atoms with van der Waals surface area (Å²) in [6.45, 7) is 25.2. The van der Waals surface area contributed by atoms with E-state index in [1.54, 1.807) is 0 Å². The molecule has 0 saturated carbocycles. The molecule has 0 spiro atoms. The van der Waals surface area contributed by atoms with Crippen LogP contribution in [0.2, 0.25) is 36.3 Å². The molecule has 1 aliphatic rings. The van der Waals surface area contributed by atoms with Crippen molar-refractivity contribution in [2.45, 2.75) is 96.4 Å². The molecule has 1 aliphatic heterocycles. The number of nitrogens with one attached hydrogen (secondary N) is 1. The minimum atomic E-state index is -1.76. The summed E-state index contributed by atoms with van der Waals surface area (Å²) in [7, 11) is -3.51. The Balaban J connectivity index is 2.85. The van der Waals surface area contributed by atoms with E-state index in [9.17, 15) is 0 Å². The minimum absolute atomic E-state index is 0.198. The van der Waals surface area contributed by atoms with Gasteiger partial charge in [0.15, 0.2) is 16.6 Å². The predicted octanol–water partition coefficient (Wildman–Crippen LogP) is 4.76. The lowest BCUT2D eigenvalue weighted by Gasteiger charge is -2.46. The third-order valence-electron chi connectivity index (χ3n) is 5.87. The van der Waals surface area contributed by atoms with Crippen molar-refractivity contribution >= 4 is 16.6 Å². The van der Waals surface area contributed by atoms with Crippen molar-refractivity contribution < 1.29 is 8.85 Å². The van der Waals surface area contributed by atoms with Gasteiger partial charge in [0.1, 0.15) is 0 Å². The van der Waals surface area contributed by atoms with E-state index in [4.69, 9.17) is 8.85 Å². The number of hydrogen-bond acceptors (Lipinski definition) is 3. The van der Waals surface area contributed by atoms with Gasteiger partial charge < -0.3 is 14.2 Å². The van der Waals surface area contributed by atoms with Crippen LogP contribution < -0.4 is 5.32 Å². The summed E-state index contributed by atoms with van der Waals surface area (Å²) in [6, 6.07) is 0. The minimum Gasteiger partial charge on any atom is -0.411 e. The first-order valence-electron chi connectivity index (χ1n) is 8.74. The van der Waals surface area contributed by atoms with Gasteiger partial charge in [-0.25, -0.2) is 0 Å². The van der Waals surface area contributed by atoms with Gasteiger partial charge in [-0.2, -0.15) is 0 Å². The molecule has 1 rings (SSSR count). The second-order valence-corrected chi connectivity index (χ2v) is 19.3. The number of piperidine rings is 1. The first kappa shape index (κ1) is 20.4. The first-order chi connectivity index (χ1) is 9.67. The normalized spacial score (nSPS) is 25.4. The van der Waals surface area contributed by atoms with E-state index < -0.39 is 16.6 Å². The van der Waals surface area contributed by atoms with E-state index >= 15 is 0 Å². The molecule has 1 heterocycles. The molecule has 0 radical (unpaired) electrons. The fraction of sp³-hybridized carbons (Fsp3) is 1.00. The van der Waals surface area contributed by atoms with Crippen LogP contribution in [0.4, 0.5) is 0 Å². The lowest BCUT2D eigenvalue weighted by Crippen LogP contribution is -2.57. The molecule has 1 fully saturated rings. The van der Waals surface area contributed by atoms with Crippen molar-refractivity contribution in [1.82, 2.24) is 5.32 Å². The Kier molecular flexibility index (Phi) is 6.17. The summed E-state index contributed by atoms with van der Waals surface area (Å²) in [6.07, 6.45) is 1.51. The van der Waals surface area contributed by atoms with Crippen LogP contribution in [-0.2, 0) is 8.85 Å². The topological polar surface area (TPSA) is 30.5 Å². The van der Waals surface area contributed by atoms with Gasteiger partial charge in [0.2, 0.25) is 0 Å². The summed E-state index contributed by atoms with van der Waals surface area (Å²) in [4.78, 5) is 0. The van der Waals surface area contributed by atoms with Gasteiger partial charge in [0.25, 0.3) is 0 Å². The molecule has 0 bridgehead atoms. The Morgan fingerprint density at radius 1 is 0.773 bits per heavy atom. The number of rotatable bonds is 4. The van der Waals surface area contributed by atoms with Gasteiger partial charge in [-0.05, 0) is 49.2 Å².